The van der Waals surface area contributed by atoms with Gasteiger partial charge in [-0.2, -0.15) is 0 Å². The molecule has 0 unspecified atom stereocenters. The number of halogens is 3. The number of aldehydes is 1. The van der Waals surface area contributed by atoms with E-state index in [9.17, 15) is 34.5 Å². The molecule has 0 aliphatic rings. The van der Waals surface area contributed by atoms with Gasteiger partial charge in [-0.25, -0.2) is 14.4 Å². The predicted octanol–water partition coefficient (Wildman–Crippen LogP) is 18.1. The van der Waals surface area contributed by atoms with Gasteiger partial charge in [-0.3, -0.25) is 4.79 Å². The Labute approximate surface area is 529 Å². The molecule has 9 rings (SSSR count). The molecule has 3 N–H and O–H groups in total. The molecule has 15 heteroatoms. The van der Waals surface area contributed by atoms with Crippen molar-refractivity contribution in [1.82, 2.24) is 0 Å². The zero-order valence-corrected chi connectivity index (χ0v) is 53.6. The number of fused-ring (bicyclic) bond motifs is 3. The number of hydrogen-bond donors (Lipinski definition) is 3. The lowest BCUT2D eigenvalue weighted by atomic mass is 9.87. The van der Waals surface area contributed by atoms with Crippen LogP contribution in [0.1, 0.15) is 133 Å². The maximum absolute atomic E-state index is 13.0. The van der Waals surface area contributed by atoms with E-state index in [-0.39, 0.29) is 26.4 Å². The molecule has 0 aromatic heterocycles. The summed E-state index contributed by atoms with van der Waals surface area (Å²) >= 11 is 18.3. The van der Waals surface area contributed by atoms with E-state index in [1.54, 1.807) is 44.2 Å². The molecule has 0 amide bonds. The van der Waals surface area contributed by atoms with Crippen molar-refractivity contribution in [2.24, 2.45) is 0 Å². The second-order valence-corrected chi connectivity index (χ2v) is 25.0. The van der Waals surface area contributed by atoms with Gasteiger partial charge in [0.15, 0.2) is 18.3 Å². The van der Waals surface area contributed by atoms with Crippen LogP contribution < -0.4 is 0 Å². The molecule has 12 nitrogen and oxygen atoms in total. The van der Waals surface area contributed by atoms with Crippen LogP contribution in [-0.4, -0.2) is 69.5 Å². The van der Waals surface area contributed by atoms with Gasteiger partial charge in [0, 0.05) is 37.3 Å². The van der Waals surface area contributed by atoms with Crippen molar-refractivity contribution in [1.29, 1.82) is 0 Å². The highest BCUT2D eigenvalue weighted by Crippen LogP contribution is 2.45. The van der Waals surface area contributed by atoms with Crippen molar-refractivity contribution in [3.8, 4) is 33.4 Å². The largest absolute Gasteiger partial charge is 0.479 e. The fourth-order valence-electron chi connectivity index (χ4n) is 10.4. The summed E-state index contributed by atoms with van der Waals surface area (Å²) < 4.78 is 29.0. The maximum Gasteiger partial charge on any atom is 0.340 e. The van der Waals surface area contributed by atoms with Gasteiger partial charge in [-0.05, 0) is 208 Å². The third-order valence-corrected chi connectivity index (χ3v) is 14.5. The van der Waals surface area contributed by atoms with Gasteiger partial charge in [-0.15, -0.1) is 0 Å². The van der Waals surface area contributed by atoms with Gasteiger partial charge >= 0.3 is 17.9 Å². The van der Waals surface area contributed by atoms with Crippen molar-refractivity contribution in [2.75, 3.05) is 13.2 Å². The molecule has 0 bridgehead atoms. The maximum atomic E-state index is 13.0. The molecule has 0 fully saturated rings. The summed E-state index contributed by atoms with van der Waals surface area (Å²) in [6.45, 7) is 20.1. The predicted molar refractivity (Wildman–Crippen MR) is 352 cm³/mol. The highest BCUT2D eigenvalue weighted by molar-refractivity contribution is 6.31. The average Bonchev–Trinajstić information content (AvgIpc) is 0.889. The summed E-state index contributed by atoms with van der Waals surface area (Å²) in [7, 11) is 0. The number of aliphatic carboxylic acids is 1. The fraction of sp³-hybridized carbons (Fsp3) is 0.288. The first-order valence-corrected chi connectivity index (χ1v) is 30.0. The zero-order valence-electron chi connectivity index (χ0n) is 51.4. The number of carbonyl (C=O) groups excluding carboxylic acids is 3. The minimum atomic E-state index is -1.22. The number of aliphatic hydroxyl groups excluding tert-OH is 2. The summed E-state index contributed by atoms with van der Waals surface area (Å²) in [5.74, 6) is -2.11. The number of carbonyl (C=O) groups is 4. The van der Waals surface area contributed by atoms with Crippen LogP contribution in [-0.2, 0) is 51.3 Å². The third-order valence-electron chi connectivity index (χ3n) is 13.8. The van der Waals surface area contributed by atoms with E-state index in [1.165, 1.54) is 0 Å². The van der Waals surface area contributed by atoms with E-state index in [0.29, 0.717) is 48.4 Å². The number of esters is 2. The Balaban J connectivity index is 0.000000188. The van der Waals surface area contributed by atoms with Crippen molar-refractivity contribution in [2.45, 2.75) is 124 Å². The molecule has 9 aromatic carbocycles. The summed E-state index contributed by atoms with van der Waals surface area (Å²) in [5.41, 5.74) is 6.05. The van der Waals surface area contributed by atoms with Crippen LogP contribution >= 0.6 is 34.8 Å². The Morgan fingerprint density at radius 2 is 0.739 bits per heavy atom. The molecule has 0 heterocycles. The SMILES string of the molecule is CC(C)(C)O[C@H](C(=O)O)c1c(CO)cc2ccccc2c1-c1ccc(Cl)cc1.CCOC(=O)[C@@H](OC(C)(C)C)c1c(C=O)cc2ccccc2c1-c1ccc(Cl)cc1.CCOC(=O)[C@@H](OC(C)(C)C)c1c(CO)cc2ccccc2c1-c1ccc(Cl)cc1. The van der Waals surface area contributed by atoms with Crippen LogP contribution in [0.4, 0.5) is 0 Å². The summed E-state index contributed by atoms with van der Waals surface area (Å²) in [4.78, 5) is 50.3. The van der Waals surface area contributed by atoms with Crippen molar-refractivity contribution in [3.05, 3.63) is 212 Å². The highest BCUT2D eigenvalue weighted by Gasteiger charge is 2.36. The van der Waals surface area contributed by atoms with E-state index in [1.807, 2.05) is 196 Å². The standard InChI is InChI=1S/C25H27ClO4.C25H25ClO4.C23H23ClO4/c2*1-5-29-24(28)23(30-25(2,3)4)22-18(15-27)14-17-8-6-7-9-20(17)21(22)16-10-12-19(26)13-11-16;1-23(2,3)28-21(22(26)27)20-16(13-25)12-15-6-4-5-7-18(15)19(20)14-8-10-17(24)11-9-14/h6-14,23,27H,5,15H2,1-4H3;6-15,23H,5H2,1-4H3;4-12,21,25H,13H2,1-3H3,(H,26,27)/t2*23-;21-/m000/s1. The normalized spacial score (nSPS) is 12.7. The Morgan fingerprint density at radius 3 is 1.05 bits per heavy atom. The van der Waals surface area contributed by atoms with E-state index in [4.69, 9.17) is 58.5 Å². The Bertz CT molecular complexity index is 3920. The third kappa shape index (κ3) is 17.0. The lowest BCUT2D eigenvalue weighted by Gasteiger charge is -2.30. The van der Waals surface area contributed by atoms with Crippen LogP contribution in [0, 0.1) is 0 Å². The van der Waals surface area contributed by atoms with E-state index in [0.717, 1.165) is 72.0 Å². The first-order chi connectivity index (χ1) is 41.7. The minimum absolute atomic E-state index is 0.211. The molecule has 0 saturated heterocycles. The molecule has 3 atom stereocenters. The second kappa shape index (κ2) is 29.7. The second-order valence-electron chi connectivity index (χ2n) is 23.7. The fourth-order valence-corrected chi connectivity index (χ4v) is 10.8. The molecule has 0 saturated carbocycles. The number of hydrogen-bond acceptors (Lipinski definition) is 11. The molecule has 9 aromatic rings. The van der Waals surface area contributed by atoms with Crippen LogP contribution in [0.2, 0.25) is 15.1 Å². The highest BCUT2D eigenvalue weighted by atomic mass is 35.5. The monoisotopic (exact) mass is 1250 g/mol. The Kier molecular flexibility index (Phi) is 22.9. The Morgan fingerprint density at radius 1 is 0.443 bits per heavy atom. The molecule has 0 radical (unpaired) electrons. The molecule has 88 heavy (non-hydrogen) atoms. The number of benzene rings is 9. The Hall–Kier alpha value is -7.49. The van der Waals surface area contributed by atoms with E-state index in [2.05, 4.69) is 0 Å². The molecule has 460 valence electrons. The molecule has 0 spiro atoms. The van der Waals surface area contributed by atoms with E-state index < -0.39 is 53.0 Å². The molecular formula is C73H75Cl3O12. The number of ether oxygens (including phenoxy) is 5. The lowest BCUT2D eigenvalue weighted by molar-refractivity contribution is -0.167. The molecule has 0 aliphatic carbocycles. The van der Waals surface area contributed by atoms with Gasteiger partial charge in [0.25, 0.3) is 0 Å². The summed E-state index contributed by atoms with van der Waals surface area (Å²) in [6.07, 6.45) is -2.50. The minimum Gasteiger partial charge on any atom is -0.479 e. The van der Waals surface area contributed by atoms with Crippen LogP contribution in [0.15, 0.2) is 164 Å². The lowest BCUT2D eigenvalue weighted by Crippen LogP contribution is -2.30. The first-order valence-electron chi connectivity index (χ1n) is 28.9. The topological polar surface area (TPSA) is 175 Å². The molecule has 0 aliphatic heterocycles. The number of rotatable bonds is 17. The smallest absolute Gasteiger partial charge is 0.340 e. The number of carboxylic acid groups (broad SMARTS) is 1. The van der Waals surface area contributed by atoms with Crippen LogP contribution in [0.5, 0.6) is 0 Å². The van der Waals surface area contributed by atoms with Crippen molar-refractivity contribution in [3.63, 3.8) is 0 Å². The first kappa shape index (κ1) is 68.0. The van der Waals surface area contributed by atoms with Gasteiger partial charge in [0.1, 0.15) is 6.29 Å². The summed E-state index contributed by atoms with van der Waals surface area (Å²) in [6, 6.07) is 50.9. The number of carboxylic acids is 1. The van der Waals surface area contributed by atoms with Crippen molar-refractivity contribution < 1.29 is 58.2 Å². The van der Waals surface area contributed by atoms with Crippen LogP contribution in [0.25, 0.3) is 65.7 Å². The van der Waals surface area contributed by atoms with Crippen LogP contribution in [0.3, 0.4) is 0 Å². The van der Waals surface area contributed by atoms with Gasteiger partial charge in [0.05, 0.1) is 43.2 Å². The zero-order chi connectivity index (χ0) is 64.3. The summed E-state index contributed by atoms with van der Waals surface area (Å²) in [5, 5.41) is 37.6. The van der Waals surface area contributed by atoms with Gasteiger partial charge in [0.2, 0.25) is 0 Å². The average molecular weight is 1250 g/mol. The van der Waals surface area contributed by atoms with Gasteiger partial charge < -0.3 is 39.0 Å². The van der Waals surface area contributed by atoms with E-state index >= 15 is 0 Å². The van der Waals surface area contributed by atoms with Crippen molar-refractivity contribution >= 4 is 91.3 Å². The molecular weight excluding hydrogens is 1180 g/mol. The quantitative estimate of drug-likeness (QED) is 0.0582. The van der Waals surface area contributed by atoms with Gasteiger partial charge in [-0.1, -0.05) is 144 Å². The number of aliphatic hydroxyl groups is 2.